The third kappa shape index (κ3) is 5.55. The van der Waals surface area contributed by atoms with Gasteiger partial charge in [-0.25, -0.2) is 18.2 Å². The van der Waals surface area contributed by atoms with E-state index in [0.29, 0.717) is 19.0 Å². The molecule has 158 valence electrons. The smallest absolute Gasteiger partial charge is 0.475 e. The van der Waals surface area contributed by atoms with Gasteiger partial charge in [0.2, 0.25) is 15.9 Å². The Labute approximate surface area is 160 Å². The Morgan fingerprint density at radius 3 is 2.64 bits per heavy atom. The second-order valence-corrected chi connectivity index (χ2v) is 8.35. The van der Waals surface area contributed by atoms with Crippen molar-refractivity contribution in [2.45, 2.75) is 44.2 Å². The molecule has 3 heterocycles. The van der Waals surface area contributed by atoms with Crippen molar-refractivity contribution in [1.29, 1.82) is 0 Å². The van der Waals surface area contributed by atoms with Crippen molar-refractivity contribution >= 4 is 16.0 Å². The summed E-state index contributed by atoms with van der Waals surface area (Å²) < 4.78 is 69.5. The molecule has 12 heteroatoms. The molecule has 1 N–H and O–H groups in total. The van der Waals surface area contributed by atoms with Gasteiger partial charge in [0.1, 0.15) is 12.2 Å². The Balaban J connectivity index is 0.000000345. The zero-order chi connectivity index (χ0) is 20.9. The van der Waals surface area contributed by atoms with Crippen molar-refractivity contribution < 1.29 is 41.0 Å². The molecular weight excluding hydrogens is 405 g/mol. The van der Waals surface area contributed by atoms with Crippen LogP contribution in [0.5, 0.6) is 5.88 Å². The summed E-state index contributed by atoms with van der Waals surface area (Å²) in [5.74, 6) is -2.15. The van der Waals surface area contributed by atoms with Crippen molar-refractivity contribution in [2.75, 3.05) is 18.9 Å². The highest BCUT2D eigenvalue weighted by molar-refractivity contribution is 7.89. The number of rotatable bonds is 4. The lowest BCUT2D eigenvalue weighted by atomic mass is 10.0. The Kier molecular flexibility index (Phi) is 7.23. The van der Waals surface area contributed by atoms with E-state index in [4.69, 9.17) is 19.4 Å². The molecule has 0 saturated carbocycles. The average molecular weight is 426 g/mol. The predicted molar refractivity (Wildman–Crippen MR) is 91.3 cm³/mol. The molecule has 3 atom stereocenters. The SMILES string of the molecule is CCS(=O)(=O)N1C[C@@H](Oc2ccccn2)[C@H]2OCCC[C@H]21.O=C(O)C(F)(F)F. The number of nitrogens with zero attached hydrogens (tertiary/aromatic N) is 2. The van der Waals surface area contributed by atoms with Gasteiger partial charge in [0.25, 0.3) is 0 Å². The topological polar surface area (TPSA) is 106 Å². The highest BCUT2D eigenvalue weighted by atomic mass is 32.2. The number of alkyl halides is 3. The van der Waals surface area contributed by atoms with Gasteiger partial charge in [-0.05, 0) is 25.8 Å². The van der Waals surface area contributed by atoms with Crippen LogP contribution in [0.1, 0.15) is 19.8 Å². The van der Waals surface area contributed by atoms with E-state index < -0.39 is 22.2 Å². The Morgan fingerprint density at radius 2 is 2.11 bits per heavy atom. The van der Waals surface area contributed by atoms with Crippen molar-refractivity contribution in [3.05, 3.63) is 24.4 Å². The fourth-order valence-electron chi connectivity index (χ4n) is 3.03. The zero-order valence-corrected chi connectivity index (χ0v) is 15.8. The van der Waals surface area contributed by atoms with Gasteiger partial charge < -0.3 is 14.6 Å². The van der Waals surface area contributed by atoms with E-state index in [9.17, 15) is 21.6 Å². The fraction of sp³-hybridized carbons (Fsp3) is 0.625. The monoisotopic (exact) mass is 426 g/mol. The third-order valence-electron chi connectivity index (χ3n) is 4.30. The van der Waals surface area contributed by atoms with Crippen molar-refractivity contribution in [3.63, 3.8) is 0 Å². The number of hydrogen-bond donors (Lipinski definition) is 1. The van der Waals surface area contributed by atoms with Gasteiger partial charge in [-0.2, -0.15) is 17.5 Å². The highest BCUT2D eigenvalue weighted by Crippen LogP contribution is 2.33. The molecule has 0 spiro atoms. The summed E-state index contributed by atoms with van der Waals surface area (Å²) in [6.45, 7) is 2.66. The molecule has 1 aromatic heterocycles. The number of sulfonamides is 1. The van der Waals surface area contributed by atoms with Crippen molar-refractivity contribution in [1.82, 2.24) is 9.29 Å². The standard InChI is InChI=1S/C14H20N2O4S.C2HF3O2/c1-2-21(17,18)16-10-12(14-11(16)6-5-9-19-14)20-13-7-3-4-8-15-13;3-2(4,5)1(6)7/h3-4,7-8,11-12,14H,2,5-6,9-10H2,1H3;(H,6,7)/t11-,12-,14+;/m1./s1. The van der Waals surface area contributed by atoms with E-state index in [1.165, 1.54) is 0 Å². The number of carbonyl (C=O) groups is 1. The second-order valence-electron chi connectivity index (χ2n) is 6.14. The minimum atomic E-state index is -5.08. The number of ether oxygens (including phenoxy) is 2. The minimum Gasteiger partial charge on any atom is -0.475 e. The van der Waals surface area contributed by atoms with E-state index in [2.05, 4.69) is 4.98 Å². The molecule has 2 fully saturated rings. The van der Waals surface area contributed by atoms with E-state index in [1.807, 2.05) is 12.1 Å². The fourth-order valence-corrected chi connectivity index (χ4v) is 4.37. The summed E-state index contributed by atoms with van der Waals surface area (Å²) in [7, 11) is -3.24. The van der Waals surface area contributed by atoms with Crippen LogP contribution in [0.15, 0.2) is 24.4 Å². The first-order valence-corrected chi connectivity index (χ1v) is 10.2. The molecule has 0 radical (unpaired) electrons. The largest absolute Gasteiger partial charge is 0.490 e. The maximum Gasteiger partial charge on any atom is 0.490 e. The molecule has 2 saturated heterocycles. The summed E-state index contributed by atoms with van der Waals surface area (Å²) in [4.78, 5) is 13.0. The summed E-state index contributed by atoms with van der Waals surface area (Å²) in [6.07, 6.45) is -2.22. The molecule has 28 heavy (non-hydrogen) atoms. The van der Waals surface area contributed by atoms with Crippen LogP contribution in [0.25, 0.3) is 0 Å². The Morgan fingerprint density at radius 1 is 1.43 bits per heavy atom. The normalized spacial score (nSPS) is 25.4. The third-order valence-corrected chi connectivity index (χ3v) is 6.17. The molecule has 1 aromatic rings. The van der Waals surface area contributed by atoms with Gasteiger partial charge in [0.15, 0.2) is 0 Å². The first kappa shape index (κ1) is 22.4. The van der Waals surface area contributed by atoms with Crippen LogP contribution in [-0.2, 0) is 19.6 Å². The number of carboxylic acid groups (broad SMARTS) is 1. The molecule has 2 aliphatic heterocycles. The van der Waals surface area contributed by atoms with Gasteiger partial charge in [-0.1, -0.05) is 6.07 Å². The lowest BCUT2D eigenvalue weighted by Gasteiger charge is -2.31. The molecule has 0 unspecified atom stereocenters. The van der Waals surface area contributed by atoms with Crippen LogP contribution in [-0.4, -0.2) is 72.1 Å². The number of aromatic nitrogens is 1. The van der Waals surface area contributed by atoms with Gasteiger partial charge in [-0.3, -0.25) is 0 Å². The molecule has 0 amide bonds. The number of carboxylic acids is 1. The van der Waals surface area contributed by atoms with E-state index in [1.54, 1.807) is 23.5 Å². The number of halogens is 3. The molecule has 8 nitrogen and oxygen atoms in total. The summed E-state index contributed by atoms with van der Waals surface area (Å²) >= 11 is 0. The van der Waals surface area contributed by atoms with Crippen LogP contribution < -0.4 is 4.74 Å². The number of aliphatic carboxylic acids is 1. The van der Waals surface area contributed by atoms with Gasteiger partial charge >= 0.3 is 12.1 Å². The summed E-state index contributed by atoms with van der Waals surface area (Å²) in [5.41, 5.74) is 0. The summed E-state index contributed by atoms with van der Waals surface area (Å²) in [6, 6.07) is 5.32. The highest BCUT2D eigenvalue weighted by Gasteiger charge is 2.49. The van der Waals surface area contributed by atoms with E-state index in [-0.39, 0.29) is 24.0 Å². The van der Waals surface area contributed by atoms with Crippen LogP contribution >= 0.6 is 0 Å². The summed E-state index contributed by atoms with van der Waals surface area (Å²) in [5, 5.41) is 7.12. The number of pyridine rings is 1. The quantitative estimate of drug-likeness (QED) is 0.781. The maximum atomic E-state index is 12.3. The zero-order valence-electron chi connectivity index (χ0n) is 15.0. The molecular formula is C16H21F3N2O6S. The first-order chi connectivity index (χ1) is 13.1. The van der Waals surface area contributed by atoms with Crippen molar-refractivity contribution in [3.8, 4) is 5.88 Å². The Bertz CT molecular complexity index is 759. The van der Waals surface area contributed by atoms with Crippen LogP contribution in [0, 0.1) is 0 Å². The van der Waals surface area contributed by atoms with Gasteiger partial charge in [0, 0.05) is 18.9 Å². The molecule has 0 bridgehead atoms. The predicted octanol–water partition coefficient (Wildman–Crippen LogP) is 1.68. The minimum absolute atomic E-state index is 0.104. The van der Waals surface area contributed by atoms with E-state index in [0.717, 1.165) is 12.8 Å². The van der Waals surface area contributed by atoms with Crippen LogP contribution in [0.2, 0.25) is 0 Å². The van der Waals surface area contributed by atoms with E-state index >= 15 is 0 Å². The Hall–Kier alpha value is -1.92. The molecule has 0 aromatic carbocycles. The maximum absolute atomic E-state index is 12.3. The number of fused-ring (bicyclic) bond motifs is 1. The molecule has 2 aliphatic rings. The molecule has 3 rings (SSSR count). The van der Waals surface area contributed by atoms with Crippen LogP contribution in [0.4, 0.5) is 13.2 Å². The van der Waals surface area contributed by atoms with Crippen LogP contribution in [0.3, 0.4) is 0 Å². The number of hydrogen-bond acceptors (Lipinski definition) is 6. The van der Waals surface area contributed by atoms with Crippen molar-refractivity contribution in [2.24, 2.45) is 0 Å². The van der Waals surface area contributed by atoms with Gasteiger partial charge in [0.05, 0.1) is 18.3 Å². The average Bonchev–Trinajstić information content (AvgIpc) is 3.02. The second kappa shape index (κ2) is 9.05. The molecule has 0 aliphatic carbocycles. The lowest BCUT2D eigenvalue weighted by molar-refractivity contribution is -0.192. The lowest BCUT2D eigenvalue weighted by Crippen LogP contribution is -2.44. The van der Waals surface area contributed by atoms with Gasteiger partial charge in [-0.15, -0.1) is 0 Å². The first-order valence-electron chi connectivity index (χ1n) is 8.55.